The van der Waals surface area contributed by atoms with Crippen LogP contribution in [0.25, 0.3) is 0 Å². The van der Waals surface area contributed by atoms with Crippen molar-refractivity contribution in [2.24, 2.45) is 0 Å². The molecule has 1 aliphatic rings. The van der Waals surface area contributed by atoms with Crippen LogP contribution in [0.3, 0.4) is 0 Å². The smallest absolute Gasteiger partial charge is 0.324 e. The summed E-state index contributed by atoms with van der Waals surface area (Å²) in [5.41, 5.74) is 1.58. The van der Waals surface area contributed by atoms with E-state index in [0.717, 1.165) is 42.5 Å². The Morgan fingerprint density at radius 3 is 2.27 bits per heavy atom. The van der Waals surface area contributed by atoms with Crippen LogP contribution in [0.2, 0.25) is 10.0 Å². The first-order chi connectivity index (χ1) is 17.8. The third-order valence-electron chi connectivity index (χ3n) is 6.24. The number of carboxylic acid groups (broad SMARTS) is 1. The molecular weight excluding hydrogens is 533 g/mol. The van der Waals surface area contributed by atoms with E-state index in [1.807, 2.05) is 30.3 Å². The van der Waals surface area contributed by atoms with E-state index in [0.29, 0.717) is 11.4 Å². The maximum absolute atomic E-state index is 13.8. The molecule has 1 aliphatic carbocycles. The lowest BCUT2D eigenvalue weighted by Crippen LogP contribution is -2.44. The number of hydrogen-bond donors (Lipinski definition) is 3. The molecule has 1 saturated carbocycles. The normalized spacial score (nSPS) is 13.7. The van der Waals surface area contributed by atoms with Crippen molar-refractivity contribution in [1.29, 1.82) is 0 Å². The first-order valence-corrected chi connectivity index (χ1v) is 13.6. The van der Waals surface area contributed by atoms with Gasteiger partial charge in [0.2, 0.25) is 0 Å². The van der Waals surface area contributed by atoms with Crippen LogP contribution in [0.15, 0.2) is 54.6 Å². The number of carboxylic acids is 1. The van der Waals surface area contributed by atoms with Crippen molar-refractivity contribution >= 4 is 63.1 Å². The number of rotatable bonds is 8. The van der Waals surface area contributed by atoms with Gasteiger partial charge >= 0.3 is 12.0 Å². The van der Waals surface area contributed by atoms with Gasteiger partial charge in [-0.15, -0.1) is 11.3 Å². The summed E-state index contributed by atoms with van der Waals surface area (Å²) >= 11 is 13.7. The molecule has 3 N–H and O–H groups in total. The van der Waals surface area contributed by atoms with E-state index in [-0.39, 0.29) is 27.3 Å². The SMILES string of the molecule is O=C(O)CN(C(=O)c1cc(Cc2ccccc2)sc1NC(=O)Nc1c(Cl)cccc1Cl)C1CCCCC1. The van der Waals surface area contributed by atoms with E-state index in [2.05, 4.69) is 10.6 Å². The quantitative estimate of drug-likeness (QED) is 0.273. The third kappa shape index (κ3) is 7.03. The molecule has 10 heteroatoms. The molecule has 194 valence electrons. The highest BCUT2D eigenvalue weighted by Crippen LogP contribution is 2.34. The molecular formula is C27H27Cl2N3O4S. The molecule has 1 fully saturated rings. The molecule has 0 atom stereocenters. The van der Waals surface area contributed by atoms with E-state index in [1.54, 1.807) is 24.3 Å². The van der Waals surface area contributed by atoms with Gasteiger partial charge in [-0.2, -0.15) is 0 Å². The van der Waals surface area contributed by atoms with Gasteiger partial charge in [0.05, 0.1) is 21.3 Å². The summed E-state index contributed by atoms with van der Waals surface area (Å²) in [5.74, 6) is -1.48. The number of nitrogens with zero attached hydrogens (tertiary/aromatic N) is 1. The number of anilines is 2. The molecule has 4 rings (SSSR count). The Hall–Kier alpha value is -3.07. The number of amides is 3. The van der Waals surface area contributed by atoms with Crippen LogP contribution < -0.4 is 10.6 Å². The predicted molar refractivity (Wildman–Crippen MR) is 148 cm³/mol. The molecule has 1 heterocycles. The van der Waals surface area contributed by atoms with Gasteiger partial charge < -0.3 is 15.3 Å². The Bertz CT molecular complexity index is 1260. The number of hydrogen-bond acceptors (Lipinski definition) is 4. The Kier molecular flexibility index (Phi) is 9.08. The minimum absolute atomic E-state index is 0.154. The number of para-hydroxylation sites is 1. The first kappa shape index (κ1) is 27.0. The zero-order valence-corrected chi connectivity index (χ0v) is 22.3. The highest BCUT2D eigenvalue weighted by atomic mass is 35.5. The molecule has 1 aromatic heterocycles. The van der Waals surface area contributed by atoms with Crippen LogP contribution in [-0.2, 0) is 11.2 Å². The van der Waals surface area contributed by atoms with Gasteiger partial charge in [-0.3, -0.25) is 14.9 Å². The Morgan fingerprint density at radius 2 is 1.62 bits per heavy atom. The molecule has 0 bridgehead atoms. The van der Waals surface area contributed by atoms with Crippen molar-refractivity contribution in [1.82, 2.24) is 4.90 Å². The van der Waals surface area contributed by atoms with Gasteiger partial charge in [0, 0.05) is 17.3 Å². The summed E-state index contributed by atoms with van der Waals surface area (Å²) in [5, 5.41) is 15.9. The van der Waals surface area contributed by atoms with Gasteiger partial charge in [0.1, 0.15) is 11.5 Å². The lowest BCUT2D eigenvalue weighted by atomic mass is 9.93. The van der Waals surface area contributed by atoms with Crippen LogP contribution in [0.5, 0.6) is 0 Å². The Labute approximate surface area is 229 Å². The minimum atomic E-state index is -1.07. The number of aliphatic carboxylic acids is 1. The molecule has 0 radical (unpaired) electrons. The second kappa shape index (κ2) is 12.4. The van der Waals surface area contributed by atoms with Crippen molar-refractivity contribution < 1.29 is 19.5 Å². The summed E-state index contributed by atoms with van der Waals surface area (Å²) in [7, 11) is 0. The second-order valence-corrected chi connectivity index (χ2v) is 10.9. The van der Waals surface area contributed by atoms with Crippen molar-refractivity contribution in [3.8, 4) is 0 Å². The van der Waals surface area contributed by atoms with Gasteiger partial charge in [-0.25, -0.2) is 4.79 Å². The summed E-state index contributed by atoms with van der Waals surface area (Å²) < 4.78 is 0. The highest BCUT2D eigenvalue weighted by Gasteiger charge is 2.31. The summed E-state index contributed by atoms with van der Waals surface area (Å²) in [4.78, 5) is 40.7. The fourth-order valence-corrected chi connectivity index (χ4v) is 6.07. The average molecular weight is 561 g/mol. The largest absolute Gasteiger partial charge is 0.480 e. The molecule has 3 amide bonds. The topological polar surface area (TPSA) is 98.7 Å². The van der Waals surface area contributed by atoms with Crippen LogP contribution >= 0.6 is 34.5 Å². The van der Waals surface area contributed by atoms with Crippen LogP contribution in [0.4, 0.5) is 15.5 Å². The summed E-state index contributed by atoms with van der Waals surface area (Å²) in [6.45, 7) is -0.395. The number of carbonyl (C=O) groups excluding carboxylic acids is 2. The summed E-state index contributed by atoms with van der Waals surface area (Å²) in [6, 6.07) is 15.6. The highest BCUT2D eigenvalue weighted by molar-refractivity contribution is 7.16. The number of urea groups is 1. The fourth-order valence-electron chi connectivity index (χ4n) is 4.50. The zero-order chi connectivity index (χ0) is 26.4. The molecule has 0 spiro atoms. The van der Waals surface area contributed by atoms with Gasteiger partial charge in [-0.05, 0) is 36.6 Å². The molecule has 7 nitrogen and oxygen atoms in total. The predicted octanol–water partition coefficient (Wildman–Crippen LogP) is 7.15. The van der Waals surface area contributed by atoms with Gasteiger partial charge in [0.15, 0.2) is 0 Å². The van der Waals surface area contributed by atoms with E-state index >= 15 is 0 Å². The van der Waals surface area contributed by atoms with Crippen LogP contribution in [0.1, 0.15) is 52.9 Å². The van der Waals surface area contributed by atoms with E-state index in [4.69, 9.17) is 23.2 Å². The lowest BCUT2D eigenvalue weighted by Gasteiger charge is -2.33. The third-order valence-corrected chi connectivity index (χ3v) is 7.93. The second-order valence-electron chi connectivity index (χ2n) is 8.91. The number of benzene rings is 2. The molecule has 2 aromatic carbocycles. The van der Waals surface area contributed by atoms with Crippen molar-refractivity contribution in [2.45, 2.75) is 44.6 Å². The summed E-state index contributed by atoms with van der Waals surface area (Å²) in [6.07, 6.45) is 5.05. The average Bonchev–Trinajstić information content (AvgIpc) is 3.27. The van der Waals surface area contributed by atoms with Crippen molar-refractivity contribution in [2.75, 3.05) is 17.2 Å². The maximum atomic E-state index is 13.8. The number of halogens is 2. The monoisotopic (exact) mass is 559 g/mol. The number of carbonyl (C=O) groups is 3. The van der Waals surface area contributed by atoms with E-state index in [9.17, 15) is 19.5 Å². The fraction of sp³-hybridized carbons (Fsp3) is 0.296. The van der Waals surface area contributed by atoms with E-state index in [1.165, 1.54) is 16.2 Å². The molecule has 0 aliphatic heterocycles. The Morgan fingerprint density at radius 1 is 0.946 bits per heavy atom. The Balaban J connectivity index is 1.64. The van der Waals surface area contributed by atoms with Gasteiger partial charge in [0.25, 0.3) is 5.91 Å². The van der Waals surface area contributed by atoms with Crippen LogP contribution in [0, 0.1) is 0 Å². The number of thiophene rings is 1. The molecule has 0 saturated heterocycles. The molecule has 0 unspecified atom stereocenters. The van der Waals surface area contributed by atoms with Crippen molar-refractivity contribution in [3.05, 3.63) is 80.6 Å². The minimum Gasteiger partial charge on any atom is -0.480 e. The zero-order valence-electron chi connectivity index (χ0n) is 20.0. The number of nitrogens with one attached hydrogen (secondary N) is 2. The van der Waals surface area contributed by atoms with E-state index < -0.39 is 24.5 Å². The van der Waals surface area contributed by atoms with Crippen LogP contribution in [-0.4, -0.2) is 40.5 Å². The first-order valence-electron chi connectivity index (χ1n) is 12.0. The lowest BCUT2D eigenvalue weighted by molar-refractivity contribution is -0.138. The van der Waals surface area contributed by atoms with Crippen molar-refractivity contribution in [3.63, 3.8) is 0 Å². The standard InChI is InChI=1S/C27H27Cl2N3O4S/c28-21-12-7-13-22(29)24(21)30-27(36)31-25-20(15-19(37-25)14-17-8-3-1-4-9-17)26(35)32(16-23(33)34)18-10-5-2-6-11-18/h1,3-4,7-9,12-13,15,18H,2,5-6,10-11,14,16H2,(H,33,34)(H2,30,31,36). The van der Waals surface area contributed by atoms with Gasteiger partial charge in [-0.1, -0.05) is 78.9 Å². The molecule has 3 aromatic rings. The maximum Gasteiger partial charge on any atom is 0.324 e. The molecule has 37 heavy (non-hydrogen) atoms.